The van der Waals surface area contributed by atoms with Crippen LogP contribution in [0, 0.1) is 0 Å². The van der Waals surface area contributed by atoms with Gasteiger partial charge in [-0.3, -0.25) is 0 Å². The van der Waals surface area contributed by atoms with E-state index in [0.717, 1.165) is 12.8 Å². The van der Waals surface area contributed by atoms with Crippen LogP contribution in [-0.4, -0.2) is 0 Å². The first kappa shape index (κ1) is 47.1. The van der Waals surface area contributed by atoms with E-state index in [4.69, 9.17) is 0 Å². The van der Waals surface area contributed by atoms with E-state index in [0.29, 0.717) is 0 Å². The number of anilines is 6. The van der Waals surface area contributed by atoms with Gasteiger partial charge < -0.3 is 9.80 Å². The molecule has 2 nitrogen and oxygen atoms in total. The van der Waals surface area contributed by atoms with Crippen LogP contribution >= 0.6 is 0 Å². The second-order valence-corrected chi connectivity index (χ2v) is 24.1. The maximum Gasteiger partial charge on any atom is 0.0543 e. The van der Waals surface area contributed by atoms with Crippen molar-refractivity contribution in [2.75, 3.05) is 9.80 Å². The number of nitrogens with zero attached hydrogens (tertiary/aromatic N) is 2. The molecule has 0 unspecified atom stereocenters. The van der Waals surface area contributed by atoms with Crippen molar-refractivity contribution < 1.29 is 0 Å². The summed E-state index contributed by atoms with van der Waals surface area (Å²) in [6.45, 7) is 32.8. The summed E-state index contributed by atoms with van der Waals surface area (Å²) in [6, 6.07) is 61.0. The number of hydrogen-bond acceptors (Lipinski definition) is 2. The van der Waals surface area contributed by atoms with Crippen LogP contribution in [0.15, 0.2) is 158 Å². The molecule has 70 heavy (non-hydrogen) atoms. The average Bonchev–Trinajstić information content (AvgIpc) is 3.32. The number of benzene rings is 10. The molecule has 0 radical (unpaired) electrons. The Hall–Kier alpha value is -6.64. The molecule has 2 heteroatoms. The Morgan fingerprint density at radius 2 is 0.614 bits per heavy atom. The SMILES string of the molecule is CCc1cc(N(c2cc(C(C)(C)C)cc(C(C)(C)C)c2)c2cccc3ccccc23)c2ccc3c(CC)cc(N(c4cc(C(C)(C)C)cc(C(C)(C)C)c4)c4cccc5ccccc45)c4ccc1c2c34. The highest BCUT2D eigenvalue weighted by Gasteiger charge is 2.30. The molecule has 0 saturated heterocycles. The van der Waals surface area contributed by atoms with Crippen molar-refractivity contribution in [3.05, 3.63) is 191 Å². The normalized spacial score (nSPS) is 12.8. The van der Waals surface area contributed by atoms with Gasteiger partial charge in [0.1, 0.15) is 0 Å². The quantitative estimate of drug-likeness (QED) is 0.140. The van der Waals surface area contributed by atoms with E-state index in [1.165, 1.54) is 121 Å². The molecule has 0 aliphatic carbocycles. The largest absolute Gasteiger partial charge is 0.309 e. The van der Waals surface area contributed by atoms with Gasteiger partial charge >= 0.3 is 0 Å². The van der Waals surface area contributed by atoms with Crippen molar-refractivity contribution in [3.8, 4) is 0 Å². The van der Waals surface area contributed by atoms with E-state index >= 15 is 0 Å². The molecule has 0 amide bonds. The Balaban J connectivity index is 1.36. The van der Waals surface area contributed by atoms with E-state index in [1.807, 2.05) is 0 Å². The van der Waals surface area contributed by atoms with Crippen LogP contribution in [0.25, 0.3) is 53.9 Å². The first-order chi connectivity index (χ1) is 33.1. The molecule has 354 valence electrons. The van der Waals surface area contributed by atoms with Crippen LogP contribution in [-0.2, 0) is 34.5 Å². The van der Waals surface area contributed by atoms with Gasteiger partial charge in [-0.05, 0) is 149 Å². The lowest BCUT2D eigenvalue weighted by Crippen LogP contribution is -2.19. The van der Waals surface area contributed by atoms with E-state index < -0.39 is 0 Å². The lowest BCUT2D eigenvalue weighted by Gasteiger charge is -2.34. The predicted octanol–water partition coefficient (Wildman–Crippen LogP) is 20.1. The van der Waals surface area contributed by atoms with Gasteiger partial charge in [0.15, 0.2) is 0 Å². The van der Waals surface area contributed by atoms with Gasteiger partial charge in [-0.25, -0.2) is 0 Å². The lowest BCUT2D eigenvalue weighted by molar-refractivity contribution is 0.568. The Bertz CT molecular complexity index is 3300. The van der Waals surface area contributed by atoms with Crippen LogP contribution in [0.1, 0.15) is 130 Å². The third-order valence-electron chi connectivity index (χ3n) is 15.1. The maximum absolute atomic E-state index is 2.61. The molecule has 0 atom stereocenters. The molecule has 0 heterocycles. The van der Waals surface area contributed by atoms with Crippen molar-refractivity contribution in [2.24, 2.45) is 0 Å². The number of fused-ring (bicyclic) bond motifs is 2. The number of aryl methyl sites for hydroxylation is 2. The van der Waals surface area contributed by atoms with Crippen LogP contribution < -0.4 is 9.80 Å². The van der Waals surface area contributed by atoms with Crippen LogP contribution in [0.4, 0.5) is 34.1 Å². The van der Waals surface area contributed by atoms with Crippen molar-refractivity contribution in [3.63, 3.8) is 0 Å². The molecule has 0 bridgehead atoms. The molecular weight excluding hydrogens is 845 g/mol. The van der Waals surface area contributed by atoms with E-state index in [-0.39, 0.29) is 21.7 Å². The molecule has 10 aromatic rings. The summed E-state index contributed by atoms with van der Waals surface area (Å²) in [6.07, 6.45) is 1.81. The van der Waals surface area contributed by atoms with Gasteiger partial charge in [0.2, 0.25) is 0 Å². The van der Waals surface area contributed by atoms with E-state index in [1.54, 1.807) is 0 Å². The molecule has 0 spiro atoms. The summed E-state index contributed by atoms with van der Waals surface area (Å²) in [4.78, 5) is 5.21. The summed E-state index contributed by atoms with van der Waals surface area (Å²) in [5.74, 6) is 0. The molecule has 0 aromatic heterocycles. The van der Waals surface area contributed by atoms with Crippen molar-refractivity contribution in [1.29, 1.82) is 0 Å². The highest BCUT2D eigenvalue weighted by atomic mass is 15.2. The molecule has 0 fully saturated rings. The minimum Gasteiger partial charge on any atom is -0.309 e. The van der Waals surface area contributed by atoms with Gasteiger partial charge in [0.25, 0.3) is 0 Å². The minimum atomic E-state index is -0.0549. The molecular formula is C68H72N2. The summed E-state index contributed by atoms with van der Waals surface area (Å²) < 4.78 is 0. The van der Waals surface area contributed by atoms with Crippen molar-refractivity contribution >= 4 is 88.0 Å². The minimum absolute atomic E-state index is 0.0549. The zero-order chi connectivity index (χ0) is 49.7. The Kier molecular flexibility index (Phi) is 11.5. The molecule has 0 aliphatic rings. The fourth-order valence-corrected chi connectivity index (χ4v) is 10.9. The van der Waals surface area contributed by atoms with Crippen molar-refractivity contribution in [1.82, 2.24) is 0 Å². The zero-order valence-corrected chi connectivity index (χ0v) is 44.3. The second-order valence-electron chi connectivity index (χ2n) is 24.1. The maximum atomic E-state index is 2.61. The van der Waals surface area contributed by atoms with Crippen molar-refractivity contribution in [2.45, 2.75) is 131 Å². The summed E-state index contributed by atoms with van der Waals surface area (Å²) in [7, 11) is 0. The summed E-state index contributed by atoms with van der Waals surface area (Å²) >= 11 is 0. The zero-order valence-electron chi connectivity index (χ0n) is 44.3. The highest BCUT2D eigenvalue weighted by molar-refractivity contribution is 6.29. The Morgan fingerprint density at radius 3 is 0.943 bits per heavy atom. The van der Waals surface area contributed by atoms with Crippen LogP contribution in [0.5, 0.6) is 0 Å². The average molecular weight is 917 g/mol. The highest BCUT2D eigenvalue weighted by Crippen LogP contribution is 2.52. The van der Waals surface area contributed by atoms with Gasteiger partial charge in [-0.1, -0.05) is 206 Å². The summed E-state index contributed by atoms with van der Waals surface area (Å²) in [5, 5.41) is 12.8. The lowest BCUT2D eigenvalue weighted by atomic mass is 9.80. The first-order valence-corrected chi connectivity index (χ1v) is 25.8. The predicted molar refractivity (Wildman–Crippen MR) is 308 cm³/mol. The smallest absolute Gasteiger partial charge is 0.0543 e. The molecule has 10 rings (SSSR count). The molecule has 0 aliphatic heterocycles. The third-order valence-corrected chi connectivity index (χ3v) is 15.1. The topological polar surface area (TPSA) is 6.48 Å². The third kappa shape index (κ3) is 8.18. The van der Waals surface area contributed by atoms with Gasteiger partial charge in [0.05, 0.1) is 22.7 Å². The van der Waals surface area contributed by atoms with Gasteiger partial charge in [-0.15, -0.1) is 0 Å². The number of rotatable bonds is 8. The Labute approximate surface area is 418 Å². The van der Waals surface area contributed by atoms with Crippen LogP contribution in [0.2, 0.25) is 0 Å². The first-order valence-electron chi connectivity index (χ1n) is 25.8. The van der Waals surface area contributed by atoms with Gasteiger partial charge in [0, 0.05) is 32.9 Å². The molecule has 10 aromatic carbocycles. The number of hydrogen-bond donors (Lipinski definition) is 0. The standard InChI is InChI=1S/C68H72N2/c1-15-43-35-61(69(59-29-21-25-45-23-17-19-27-53(45)59)51-39-47(65(3,4)5)37-48(40-51)66(6,7)8)57-34-32-56-44(16-2)36-62(58-33-31-55(43)63(57)64(56)58)70(60-30-22-26-46-24-18-20-28-54(46)60)52-41-49(67(9,10)11)38-50(42-52)68(12,13)14/h17-42H,15-16H2,1-14H3. The fourth-order valence-electron chi connectivity index (χ4n) is 10.9. The summed E-state index contributed by atoms with van der Waals surface area (Å²) in [5.41, 5.74) is 15.0. The van der Waals surface area contributed by atoms with Gasteiger partial charge in [-0.2, -0.15) is 0 Å². The molecule has 0 saturated carbocycles. The Morgan fingerprint density at radius 1 is 0.300 bits per heavy atom. The molecule has 0 N–H and O–H groups in total. The van der Waals surface area contributed by atoms with E-state index in [9.17, 15) is 0 Å². The van der Waals surface area contributed by atoms with Crippen LogP contribution in [0.3, 0.4) is 0 Å². The monoisotopic (exact) mass is 917 g/mol. The second kappa shape index (κ2) is 17.0. The van der Waals surface area contributed by atoms with E-state index in [2.05, 4.69) is 264 Å². The fraction of sp³-hybridized carbons (Fsp3) is 0.294.